The molecule has 0 radical (unpaired) electrons. The summed E-state index contributed by atoms with van der Waals surface area (Å²) in [5.41, 5.74) is -1.53. The van der Waals surface area contributed by atoms with Gasteiger partial charge >= 0.3 is 0 Å². The Kier molecular flexibility index (Phi) is 3.23. The molecule has 1 fully saturated rings. The summed E-state index contributed by atoms with van der Waals surface area (Å²) in [7, 11) is 0. The monoisotopic (exact) mass is 243 g/mol. The van der Waals surface area contributed by atoms with Crippen LogP contribution in [0.1, 0.15) is 20.3 Å². The zero-order valence-corrected chi connectivity index (χ0v) is 10.1. The maximum Gasteiger partial charge on any atom is 0.164 e. The molecule has 0 amide bonds. The average Bonchev–Trinajstić information content (AvgIpc) is 2.53. The van der Waals surface area contributed by atoms with E-state index in [4.69, 9.17) is 9.84 Å². The molecule has 4 nitrogen and oxygen atoms in total. The van der Waals surface area contributed by atoms with Crippen LogP contribution in [0.5, 0.6) is 0 Å². The fourth-order valence-corrected chi connectivity index (χ4v) is 2.38. The van der Waals surface area contributed by atoms with Gasteiger partial charge in [0, 0.05) is 25.1 Å². The van der Waals surface area contributed by atoms with Crippen LogP contribution in [0.25, 0.3) is 0 Å². The fourth-order valence-electron chi connectivity index (χ4n) is 2.38. The third-order valence-corrected chi connectivity index (χ3v) is 3.78. The Morgan fingerprint density at radius 1 is 1.71 bits per heavy atom. The lowest BCUT2D eigenvalue weighted by Crippen LogP contribution is -2.47. The summed E-state index contributed by atoms with van der Waals surface area (Å²) in [5.74, 6) is -0.324. The first-order chi connectivity index (χ1) is 7.96. The van der Waals surface area contributed by atoms with Crippen molar-refractivity contribution in [1.82, 2.24) is 4.90 Å². The predicted octanol–water partition coefficient (Wildman–Crippen LogP) is 0.856. The second-order valence-corrected chi connectivity index (χ2v) is 4.92. The largest absolute Gasteiger partial charge is 0.394 e. The van der Waals surface area contributed by atoms with E-state index in [2.05, 4.69) is 0 Å². The Balaban J connectivity index is 2.16. The number of nitrogens with zero attached hydrogens (tertiary/aromatic N) is 1. The lowest BCUT2D eigenvalue weighted by Gasteiger charge is -2.35. The van der Waals surface area contributed by atoms with Gasteiger partial charge in [-0.1, -0.05) is 6.92 Å². The molecule has 0 bridgehead atoms. The molecule has 0 aromatic rings. The summed E-state index contributed by atoms with van der Waals surface area (Å²) in [6.45, 7) is 3.50. The molecule has 0 saturated carbocycles. The third kappa shape index (κ3) is 2.09. The zero-order valence-electron chi connectivity index (χ0n) is 10.1. The zero-order chi connectivity index (χ0) is 12.6. The van der Waals surface area contributed by atoms with Crippen molar-refractivity contribution in [3.63, 3.8) is 0 Å². The molecule has 0 spiro atoms. The maximum absolute atomic E-state index is 14.6. The molecule has 2 aliphatic rings. The number of alkyl halides is 1. The SMILES string of the molecule is CC1C(CO)OC(N2C=CC(=O)CC2)C1(C)F. The summed E-state index contributed by atoms with van der Waals surface area (Å²) >= 11 is 0. The molecule has 0 aliphatic carbocycles. The van der Waals surface area contributed by atoms with Gasteiger partial charge in [-0.15, -0.1) is 0 Å². The van der Waals surface area contributed by atoms with Crippen LogP contribution in [-0.2, 0) is 9.53 Å². The molecular weight excluding hydrogens is 225 g/mol. The van der Waals surface area contributed by atoms with Gasteiger partial charge in [-0.2, -0.15) is 0 Å². The van der Waals surface area contributed by atoms with Gasteiger partial charge in [0.15, 0.2) is 17.7 Å². The highest BCUT2D eigenvalue weighted by molar-refractivity contribution is 5.90. The second-order valence-electron chi connectivity index (χ2n) is 4.92. The number of carbonyl (C=O) groups excluding carboxylic acids is 1. The number of ether oxygens (including phenoxy) is 1. The van der Waals surface area contributed by atoms with Crippen molar-refractivity contribution in [2.45, 2.75) is 38.3 Å². The van der Waals surface area contributed by atoms with Crippen LogP contribution < -0.4 is 0 Å². The number of hydrogen-bond donors (Lipinski definition) is 1. The van der Waals surface area contributed by atoms with E-state index in [1.54, 1.807) is 18.0 Å². The van der Waals surface area contributed by atoms with Crippen molar-refractivity contribution in [2.24, 2.45) is 5.92 Å². The minimum atomic E-state index is -1.53. The van der Waals surface area contributed by atoms with E-state index in [1.807, 2.05) is 0 Å². The van der Waals surface area contributed by atoms with E-state index in [0.717, 1.165) is 0 Å². The molecule has 0 aromatic heterocycles. The van der Waals surface area contributed by atoms with Gasteiger partial charge in [0.25, 0.3) is 0 Å². The molecular formula is C12H18FNO3. The molecule has 1 N–H and O–H groups in total. The number of allylic oxidation sites excluding steroid dienone is 1. The Bertz CT molecular complexity index is 343. The molecule has 1 saturated heterocycles. The number of halogens is 1. The van der Waals surface area contributed by atoms with Crippen LogP contribution in [0.2, 0.25) is 0 Å². The number of hydrogen-bond acceptors (Lipinski definition) is 4. The molecule has 2 aliphatic heterocycles. The van der Waals surface area contributed by atoms with E-state index in [1.165, 1.54) is 13.0 Å². The van der Waals surface area contributed by atoms with Crippen LogP contribution in [-0.4, -0.2) is 46.9 Å². The first-order valence-electron chi connectivity index (χ1n) is 5.89. The van der Waals surface area contributed by atoms with Crippen LogP contribution >= 0.6 is 0 Å². The van der Waals surface area contributed by atoms with Gasteiger partial charge in [0.1, 0.15) is 0 Å². The fraction of sp³-hybridized carbons (Fsp3) is 0.750. The first kappa shape index (κ1) is 12.5. The van der Waals surface area contributed by atoms with Gasteiger partial charge in [0.2, 0.25) is 0 Å². The van der Waals surface area contributed by atoms with Gasteiger partial charge in [-0.3, -0.25) is 4.79 Å². The maximum atomic E-state index is 14.6. The van der Waals surface area contributed by atoms with Crippen LogP contribution in [0.4, 0.5) is 4.39 Å². The molecule has 2 rings (SSSR count). The topological polar surface area (TPSA) is 49.8 Å². The summed E-state index contributed by atoms with van der Waals surface area (Å²) in [4.78, 5) is 12.8. The van der Waals surface area contributed by atoms with Crippen LogP contribution in [0.15, 0.2) is 12.3 Å². The Labute approximate surface area is 100 Å². The average molecular weight is 243 g/mol. The number of aliphatic hydroxyl groups excluding tert-OH is 1. The summed E-state index contributed by atoms with van der Waals surface area (Å²) in [6, 6.07) is 0. The van der Waals surface area contributed by atoms with Gasteiger partial charge < -0.3 is 14.7 Å². The van der Waals surface area contributed by atoms with Crippen molar-refractivity contribution in [3.8, 4) is 0 Å². The minimum absolute atomic E-state index is 0.0477. The van der Waals surface area contributed by atoms with Crippen LogP contribution in [0, 0.1) is 5.92 Å². The lowest BCUT2D eigenvalue weighted by atomic mass is 9.89. The van der Waals surface area contributed by atoms with Crippen molar-refractivity contribution in [1.29, 1.82) is 0 Å². The smallest absolute Gasteiger partial charge is 0.164 e. The molecule has 4 atom stereocenters. The quantitative estimate of drug-likeness (QED) is 0.781. The first-order valence-corrected chi connectivity index (χ1v) is 5.89. The van der Waals surface area contributed by atoms with Gasteiger partial charge in [0.05, 0.1) is 12.7 Å². The van der Waals surface area contributed by atoms with Crippen molar-refractivity contribution in [2.75, 3.05) is 13.2 Å². The van der Waals surface area contributed by atoms with Crippen LogP contribution in [0.3, 0.4) is 0 Å². The Morgan fingerprint density at radius 2 is 2.41 bits per heavy atom. The number of aliphatic hydroxyl groups is 1. The van der Waals surface area contributed by atoms with E-state index in [0.29, 0.717) is 13.0 Å². The molecule has 5 heteroatoms. The standard InChI is InChI=1S/C12H18FNO3/c1-8-10(7-15)17-11(12(8,2)13)14-5-3-9(16)4-6-14/h3,5,8,10-11,15H,4,6-7H2,1-2H3. The normalized spacial score (nSPS) is 42.2. The lowest BCUT2D eigenvalue weighted by molar-refractivity contribution is -0.119. The molecule has 17 heavy (non-hydrogen) atoms. The summed E-state index contributed by atoms with van der Waals surface area (Å²) < 4.78 is 20.1. The van der Waals surface area contributed by atoms with Crippen molar-refractivity contribution < 1.29 is 19.0 Å². The number of ketones is 1. The molecule has 0 aromatic carbocycles. The predicted molar refractivity (Wildman–Crippen MR) is 59.9 cm³/mol. The van der Waals surface area contributed by atoms with Gasteiger partial charge in [-0.05, 0) is 13.0 Å². The minimum Gasteiger partial charge on any atom is -0.394 e. The van der Waals surface area contributed by atoms with E-state index >= 15 is 0 Å². The van der Waals surface area contributed by atoms with E-state index in [9.17, 15) is 9.18 Å². The van der Waals surface area contributed by atoms with Gasteiger partial charge in [-0.25, -0.2) is 4.39 Å². The second kappa shape index (κ2) is 4.38. The van der Waals surface area contributed by atoms with E-state index < -0.39 is 18.0 Å². The highest BCUT2D eigenvalue weighted by Crippen LogP contribution is 2.41. The van der Waals surface area contributed by atoms with Crippen molar-refractivity contribution in [3.05, 3.63) is 12.3 Å². The highest BCUT2D eigenvalue weighted by atomic mass is 19.1. The Morgan fingerprint density at radius 3 is 2.88 bits per heavy atom. The summed E-state index contributed by atoms with van der Waals surface area (Å²) in [6.07, 6.45) is 2.20. The molecule has 2 heterocycles. The van der Waals surface area contributed by atoms with E-state index in [-0.39, 0.29) is 18.3 Å². The van der Waals surface area contributed by atoms with Crippen molar-refractivity contribution >= 4 is 5.78 Å². The summed E-state index contributed by atoms with van der Waals surface area (Å²) in [5, 5.41) is 9.14. The molecule has 96 valence electrons. The third-order valence-electron chi connectivity index (χ3n) is 3.78. The Hall–Kier alpha value is -0.940. The molecule has 4 unspecified atom stereocenters. The highest BCUT2D eigenvalue weighted by Gasteiger charge is 2.53. The number of carbonyl (C=O) groups is 1. The number of rotatable bonds is 2.